The average Bonchev–Trinajstić information content (AvgIpc) is 2.49. The molecule has 0 saturated carbocycles. The van der Waals surface area contributed by atoms with Crippen molar-refractivity contribution in [2.24, 2.45) is 13.0 Å². The van der Waals surface area contributed by atoms with Gasteiger partial charge in [-0.3, -0.25) is 4.79 Å². The monoisotopic (exact) mass is 245 g/mol. The van der Waals surface area contributed by atoms with Crippen molar-refractivity contribution in [3.63, 3.8) is 0 Å². The Morgan fingerprint density at radius 3 is 2.62 bits per heavy atom. The third-order valence-electron chi connectivity index (χ3n) is 1.80. The predicted molar refractivity (Wildman–Crippen MR) is 58.0 cm³/mol. The molecule has 6 nitrogen and oxygen atoms in total. The molecule has 1 aromatic heterocycles. The van der Waals surface area contributed by atoms with E-state index in [0.717, 1.165) is 0 Å². The number of nitrogens with zero attached hydrogens (tertiary/aromatic N) is 2. The Labute approximate surface area is 94.7 Å². The highest BCUT2D eigenvalue weighted by Crippen LogP contribution is 2.05. The Kier molecular flexibility index (Phi) is 3.69. The summed E-state index contributed by atoms with van der Waals surface area (Å²) in [6.45, 7) is 3.68. The lowest BCUT2D eigenvalue weighted by Crippen LogP contribution is -2.31. The predicted octanol–water partition coefficient (Wildman–Crippen LogP) is 0.271. The number of carbonyl (C=O) groups excluding carboxylic acids is 1. The molecule has 7 heteroatoms. The van der Waals surface area contributed by atoms with Crippen LogP contribution in [-0.2, 0) is 21.9 Å². The second-order valence-electron chi connectivity index (χ2n) is 4.00. The van der Waals surface area contributed by atoms with E-state index in [9.17, 15) is 13.2 Å². The lowest BCUT2D eigenvalue weighted by atomic mass is 10.1. The summed E-state index contributed by atoms with van der Waals surface area (Å²) < 4.78 is 26.7. The summed E-state index contributed by atoms with van der Waals surface area (Å²) in [6, 6.07) is 0. The van der Waals surface area contributed by atoms with Gasteiger partial charge in [-0.25, -0.2) is 9.71 Å². The first-order valence-electron chi connectivity index (χ1n) is 4.85. The molecule has 1 N–H and O–H groups in total. The molecule has 1 heterocycles. The minimum atomic E-state index is -3.82. The summed E-state index contributed by atoms with van der Waals surface area (Å²) in [7, 11) is -2.16. The first-order chi connectivity index (χ1) is 7.31. The Balaban J connectivity index is 2.77. The molecule has 0 aromatic carbocycles. The number of imidazole rings is 1. The van der Waals surface area contributed by atoms with E-state index in [1.54, 1.807) is 7.05 Å². The maximum Gasteiger partial charge on any atom is 0.283 e. The minimum absolute atomic E-state index is 0.110. The standard InChI is InChI=1S/C9H15N3O3S/c1-7(2)4-8(13)11-16(14,15)9-5-12(3)6-10-9/h5-7H,4H2,1-3H3,(H,11,13). The maximum absolute atomic E-state index is 11.6. The van der Waals surface area contributed by atoms with Crippen molar-refractivity contribution in [3.05, 3.63) is 12.5 Å². The van der Waals surface area contributed by atoms with Gasteiger partial charge in [0, 0.05) is 19.7 Å². The van der Waals surface area contributed by atoms with Crippen LogP contribution >= 0.6 is 0 Å². The summed E-state index contributed by atoms with van der Waals surface area (Å²) in [6.07, 6.45) is 2.87. The molecular formula is C9H15N3O3S. The van der Waals surface area contributed by atoms with Crippen LogP contribution in [0.25, 0.3) is 0 Å². The zero-order valence-electron chi connectivity index (χ0n) is 9.47. The molecule has 16 heavy (non-hydrogen) atoms. The van der Waals surface area contributed by atoms with E-state index in [1.165, 1.54) is 17.1 Å². The second-order valence-corrected chi connectivity index (χ2v) is 5.63. The molecule has 1 rings (SSSR count). The van der Waals surface area contributed by atoms with Gasteiger partial charge in [-0.05, 0) is 5.92 Å². The van der Waals surface area contributed by atoms with Crippen LogP contribution in [0.2, 0.25) is 0 Å². The molecule has 0 bridgehead atoms. The van der Waals surface area contributed by atoms with E-state index in [0.29, 0.717) is 0 Å². The van der Waals surface area contributed by atoms with Gasteiger partial charge in [0.2, 0.25) is 5.91 Å². The van der Waals surface area contributed by atoms with Crippen LogP contribution in [0.1, 0.15) is 20.3 Å². The molecule has 0 aliphatic heterocycles. The molecule has 0 fully saturated rings. The van der Waals surface area contributed by atoms with Crippen molar-refractivity contribution in [1.29, 1.82) is 0 Å². The summed E-state index contributed by atoms with van der Waals surface area (Å²) in [5, 5.41) is -0.146. The third-order valence-corrected chi connectivity index (χ3v) is 3.06. The molecule has 0 radical (unpaired) electrons. The fourth-order valence-corrected chi connectivity index (χ4v) is 2.12. The van der Waals surface area contributed by atoms with Gasteiger partial charge in [-0.1, -0.05) is 13.8 Å². The maximum atomic E-state index is 11.6. The first-order valence-corrected chi connectivity index (χ1v) is 6.33. The fraction of sp³-hybridized carbons (Fsp3) is 0.556. The highest BCUT2D eigenvalue weighted by Gasteiger charge is 2.20. The number of aryl methyl sites for hydroxylation is 1. The topological polar surface area (TPSA) is 81.1 Å². The Morgan fingerprint density at radius 2 is 2.19 bits per heavy atom. The van der Waals surface area contributed by atoms with Gasteiger partial charge in [-0.2, -0.15) is 8.42 Å². The molecule has 0 saturated heterocycles. The van der Waals surface area contributed by atoms with Crippen LogP contribution in [0.5, 0.6) is 0 Å². The lowest BCUT2D eigenvalue weighted by Gasteiger charge is -2.05. The van der Waals surface area contributed by atoms with Crippen molar-refractivity contribution < 1.29 is 13.2 Å². The van der Waals surface area contributed by atoms with Gasteiger partial charge in [0.15, 0.2) is 5.03 Å². The average molecular weight is 245 g/mol. The summed E-state index contributed by atoms with van der Waals surface area (Å²) in [5.41, 5.74) is 0. The SMILES string of the molecule is CC(C)CC(=O)NS(=O)(=O)c1cn(C)cn1. The molecule has 1 amide bonds. The third kappa shape index (κ3) is 3.34. The molecule has 90 valence electrons. The normalized spacial score (nSPS) is 11.8. The van der Waals surface area contributed by atoms with Gasteiger partial charge in [0.25, 0.3) is 10.0 Å². The number of carbonyl (C=O) groups is 1. The highest BCUT2D eigenvalue weighted by atomic mass is 32.2. The molecule has 0 unspecified atom stereocenters. The van der Waals surface area contributed by atoms with Gasteiger partial charge in [0.1, 0.15) is 0 Å². The zero-order valence-corrected chi connectivity index (χ0v) is 10.3. The number of hydrogen-bond donors (Lipinski definition) is 1. The number of amides is 1. The van der Waals surface area contributed by atoms with E-state index in [-0.39, 0.29) is 17.4 Å². The summed E-state index contributed by atoms with van der Waals surface area (Å²) in [5.74, 6) is -0.403. The van der Waals surface area contributed by atoms with Gasteiger partial charge in [-0.15, -0.1) is 0 Å². The Morgan fingerprint density at radius 1 is 1.56 bits per heavy atom. The van der Waals surface area contributed by atoms with Crippen LogP contribution in [-0.4, -0.2) is 23.9 Å². The second kappa shape index (κ2) is 4.65. The molecule has 0 aliphatic carbocycles. The zero-order chi connectivity index (χ0) is 12.3. The van der Waals surface area contributed by atoms with E-state index >= 15 is 0 Å². The number of nitrogens with one attached hydrogen (secondary N) is 1. The van der Waals surface area contributed by atoms with Gasteiger partial charge in [0.05, 0.1) is 6.33 Å². The summed E-state index contributed by atoms with van der Waals surface area (Å²) >= 11 is 0. The number of rotatable bonds is 4. The smallest absolute Gasteiger partial charge is 0.283 e. The molecule has 0 spiro atoms. The number of aromatic nitrogens is 2. The van der Waals surface area contributed by atoms with Crippen LogP contribution in [0.15, 0.2) is 17.6 Å². The Hall–Kier alpha value is -1.37. The Bertz CT molecular complexity index is 476. The van der Waals surface area contributed by atoms with Crippen LogP contribution in [0.4, 0.5) is 0 Å². The van der Waals surface area contributed by atoms with E-state index < -0.39 is 15.9 Å². The highest BCUT2D eigenvalue weighted by molar-refractivity contribution is 7.90. The minimum Gasteiger partial charge on any atom is -0.339 e. The first kappa shape index (κ1) is 12.7. The molecule has 0 aliphatic rings. The van der Waals surface area contributed by atoms with Crippen LogP contribution < -0.4 is 4.72 Å². The molecular weight excluding hydrogens is 230 g/mol. The quantitative estimate of drug-likeness (QED) is 0.825. The lowest BCUT2D eigenvalue weighted by molar-refractivity contribution is -0.120. The fourth-order valence-electron chi connectivity index (χ4n) is 1.14. The summed E-state index contributed by atoms with van der Waals surface area (Å²) in [4.78, 5) is 15.0. The number of hydrogen-bond acceptors (Lipinski definition) is 4. The van der Waals surface area contributed by atoms with Crippen molar-refractivity contribution in [2.45, 2.75) is 25.3 Å². The van der Waals surface area contributed by atoms with E-state index in [2.05, 4.69) is 4.98 Å². The van der Waals surface area contributed by atoms with Gasteiger partial charge < -0.3 is 4.57 Å². The van der Waals surface area contributed by atoms with Crippen molar-refractivity contribution in [2.75, 3.05) is 0 Å². The van der Waals surface area contributed by atoms with E-state index in [4.69, 9.17) is 0 Å². The van der Waals surface area contributed by atoms with Crippen molar-refractivity contribution in [3.8, 4) is 0 Å². The largest absolute Gasteiger partial charge is 0.339 e. The van der Waals surface area contributed by atoms with Gasteiger partial charge >= 0.3 is 0 Å². The van der Waals surface area contributed by atoms with E-state index in [1.807, 2.05) is 18.6 Å². The van der Waals surface area contributed by atoms with Crippen molar-refractivity contribution in [1.82, 2.24) is 14.3 Å². The van der Waals surface area contributed by atoms with Crippen LogP contribution in [0.3, 0.4) is 0 Å². The van der Waals surface area contributed by atoms with Crippen molar-refractivity contribution >= 4 is 15.9 Å². The van der Waals surface area contributed by atoms with Crippen LogP contribution in [0, 0.1) is 5.92 Å². The molecule has 1 aromatic rings. The number of sulfonamides is 1. The molecule has 0 atom stereocenters.